The lowest BCUT2D eigenvalue weighted by Crippen LogP contribution is -2.51. The molecule has 4 saturated carbocycles. The van der Waals surface area contributed by atoms with E-state index in [-0.39, 0.29) is 11.4 Å². The number of hydrogen-bond donors (Lipinski definition) is 0. The zero-order chi connectivity index (χ0) is 19.0. The van der Waals surface area contributed by atoms with Crippen molar-refractivity contribution in [1.82, 2.24) is 0 Å². The maximum absolute atomic E-state index is 12.1. The molecule has 4 fully saturated rings. The fraction of sp³-hybridized carbons (Fsp3) is 0.833. The molecule has 0 heterocycles. The Balaban J connectivity index is 1.40. The summed E-state index contributed by atoms with van der Waals surface area (Å²) in [6.07, 6.45) is 11.6. The number of carbonyl (C=O) groups is 2. The third-order valence-electron chi connectivity index (χ3n) is 9.72. The van der Waals surface area contributed by atoms with E-state index in [1.807, 2.05) is 0 Å². The Morgan fingerprint density at radius 1 is 1.19 bits per heavy atom. The van der Waals surface area contributed by atoms with Gasteiger partial charge in [0, 0.05) is 13.3 Å². The van der Waals surface area contributed by atoms with E-state index in [0.29, 0.717) is 29.6 Å². The maximum Gasteiger partial charge on any atom is 0.302 e. The monoisotopic (exact) mass is 370 g/mol. The van der Waals surface area contributed by atoms with Crippen LogP contribution in [0.15, 0.2) is 11.6 Å². The van der Waals surface area contributed by atoms with Gasteiger partial charge in [0.15, 0.2) is 5.78 Å². The van der Waals surface area contributed by atoms with Gasteiger partial charge in [-0.3, -0.25) is 9.59 Å². The van der Waals surface area contributed by atoms with Crippen molar-refractivity contribution >= 4 is 11.8 Å². The van der Waals surface area contributed by atoms with Crippen LogP contribution in [0.5, 0.6) is 0 Å². The van der Waals surface area contributed by atoms with Crippen molar-refractivity contribution in [3.63, 3.8) is 0 Å². The molecule has 5 aliphatic rings. The summed E-state index contributed by atoms with van der Waals surface area (Å²) in [5.41, 5.74) is 2.25. The number of carbonyl (C=O) groups excluding carboxylic acids is 2. The first-order valence-corrected chi connectivity index (χ1v) is 11.2. The van der Waals surface area contributed by atoms with Gasteiger partial charge in [-0.2, -0.15) is 0 Å². The van der Waals surface area contributed by atoms with Gasteiger partial charge in [0.1, 0.15) is 0 Å². The Morgan fingerprint density at radius 2 is 2.00 bits per heavy atom. The molecule has 5 aliphatic carbocycles. The molecule has 0 N–H and O–H groups in total. The van der Waals surface area contributed by atoms with Crippen LogP contribution in [0.25, 0.3) is 0 Å². The van der Waals surface area contributed by atoms with Gasteiger partial charge in [0.25, 0.3) is 0 Å². The minimum Gasteiger partial charge on any atom is -0.466 e. The van der Waals surface area contributed by atoms with Crippen molar-refractivity contribution < 1.29 is 14.3 Å². The van der Waals surface area contributed by atoms with Gasteiger partial charge < -0.3 is 4.74 Å². The largest absolute Gasteiger partial charge is 0.466 e. The molecule has 0 spiro atoms. The molecular formula is C24H34O3. The predicted molar refractivity (Wildman–Crippen MR) is 104 cm³/mol. The van der Waals surface area contributed by atoms with E-state index in [9.17, 15) is 9.59 Å². The van der Waals surface area contributed by atoms with Crippen LogP contribution in [0.4, 0.5) is 0 Å². The second kappa shape index (κ2) is 5.94. The summed E-state index contributed by atoms with van der Waals surface area (Å²) in [6, 6.07) is 0. The van der Waals surface area contributed by atoms with E-state index in [1.54, 1.807) is 0 Å². The highest BCUT2D eigenvalue weighted by Gasteiger charge is 2.67. The maximum atomic E-state index is 12.1. The lowest BCUT2D eigenvalue weighted by atomic mass is 9.46. The van der Waals surface area contributed by atoms with E-state index in [0.717, 1.165) is 42.9 Å². The predicted octanol–water partition coefficient (Wildman–Crippen LogP) is 4.94. The van der Waals surface area contributed by atoms with Crippen molar-refractivity contribution in [2.24, 2.45) is 46.3 Å². The molecule has 0 aliphatic heterocycles. The van der Waals surface area contributed by atoms with Crippen molar-refractivity contribution in [1.29, 1.82) is 0 Å². The first-order valence-electron chi connectivity index (χ1n) is 11.2. The van der Waals surface area contributed by atoms with Crippen LogP contribution in [-0.4, -0.2) is 18.4 Å². The highest BCUT2D eigenvalue weighted by molar-refractivity contribution is 5.92. The van der Waals surface area contributed by atoms with E-state index in [4.69, 9.17) is 4.74 Å². The summed E-state index contributed by atoms with van der Waals surface area (Å²) in [6.45, 7) is 7.15. The molecule has 0 aromatic rings. The van der Waals surface area contributed by atoms with Crippen LogP contribution in [0, 0.1) is 46.3 Å². The molecule has 3 heteroatoms. The van der Waals surface area contributed by atoms with Crippen LogP contribution in [0.2, 0.25) is 0 Å². The molecule has 27 heavy (non-hydrogen) atoms. The zero-order valence-corrected chi connectivity index (χ0v) is 17.1. The molecule has 8 atom stereocenters. The molecule has 5 rings (SSSR count). The van der Waals surface area contributed by atoms with Gasteiger partial charge in [-0.1, -0.05) is 19.4 Å². The summed E-state index contributed by atoms with van der Waals surface area (Å²) in [5.74, 6) is 4.97. The lowest BCUT2D eigenvalue weighted by molar-refractivity contribution is -0.141. The van der Waals surface area contributed by atoms with Crippen molar-refractivity contribution in [2.75, 3.05) is 6.61 Å². The van der Waals surface area contributed by atoms with Crippen molar-refractivity contribution in [3.05, 3.63) is 11.6 Å². The zero-order valence-electron chi connectivity index (χ0n) is 17.1. The topological polar surface area (TPSA) is 43.4 Å². The van der Waals surface area contributed by atoms with Crippen LogP contribution in [-0.2, 0) is 14.3 Å². The Hall–Kier alpha value is -1.12. The third kappa shape index (κ3) is 2.52. The number of allylic oxidation sites excluding steroid dienone is 1. The van der Waals surface area contributed by atoms with Crippen molar-refractivity contribution in [2.45, 2.75) is 72.1 Å². The average Bonchev–Trinajstić information content (AvgIpc) is 3.33. The summed E-state index contributed by atoms with van der Waals surface area (Å²) in [4.78, 5) is 23.3. The van der Waals surface area contributed by atoms with Gasteiger partial charge in [0.05, 0.1) is 6.61 Å². The highest BCUT2D eigenvalue weighted by Crippen LogP contribution is 2.74. The Labute approximate surface area is 163 Å². The molecule has 0 radical (unpaired) electrons. The highest BCUT2D eigenvalue weighted by atomic mass is 16.5. The summed E-state index contributed by atoms with van der Waals surface area (Å²) < 4.78 is 5.28. The minimum absolute atomic E-state index is 0.148. The van der Waals surface area contributed by atoms with Crippen LogP contribution < -0.4 is 0 Å². The van der Waals surface area contributed by atoms with Gasteiger partial charge in [0.2, 0.25) is 0 Å². The fourth-order valence-electron chi connectivity index (χ4n) is 8.33. The first-order chi connectivity index (χ1) is 12.8. The number of ketones is 1. The molecule has 0 saturated heterocycles. The molecule has 148 valence electrons. The van der Waals surface area contributed by atoms with Crippen LogP contribution in [0.1, 0.15) is 72.1 Å². The average molecular weight is 371 g/mol. The molecule has 3 unspecified atom stereocenters. The van der Waals surface area contributed by atoms with Crippen molar-refractivity contribution in [3.8, 4) is 0 Å². The van der Waals surface area contributed by atoms with Crippen LogP contribution in [0.3, 0.4) is 0 Å². The van der Waals surface area contributed by atoms with E-state index < -0.39 is 0 Å². The molecule has 0 amide bonds. The van der Waals surface area contributed by atoms with Gasteiger partial charge in [-0.15, -0.1) is 0 Å². The molecule has 3 nitrogen and oxygen atoms in total. The standard InChI is InChI=1S/C24H34O3/c1-14(25)27-11-8-15-4-5-19-22-18-13-17(18)21-12-16(26)6-9-24(21,3)20(22)7-10-23(15,19)2/h12,15,17-20,22H,4-11,13H2,1-3H3/t15-,17+,18-,19?,20?,22?,23-,24-/m1/s1. The SMILES string of the molecule is CC(=O)OCC[C@H]1CCC2C3C(CC[C@@]21C)[C@@]1(C)CCC(=O)C=C1[C@H]1C[C@@H]31. The fourth-order valence-corrected chi connectivity index (χ4v) is 8.33. The van der Waals surface area contributed by atoms with E-state index >= 15 is 0 Å². The second-order valence-electron chi connectivity index (χ2n) is 10.7. The number of ether oxygens (including phenoxy) is 1. The Kier molecular flexibility index (Phi) is 3.95. The Bertz CT molecular complexity index is 708. The molecule has 0 aromatic heterocycles. The molecule has 0 bridgehead atoms. The molecular weight excluding hydrogens is 336 g/mol. The summed E-state index contributed by atoms with van der Waals surface area (Å²) in [7, 11) is 0. The minimum atomic E-state index is -0.148. The van der Waals surface area contributed by atoms with E-state index in [1.165, 1.54) is 44.6 Å². The normalized spacial score (nSPS) is 50.0. The lowest BCUT2D eigenvalue weighted by Gasteiger charge is -2.58. The third-order valence-corrected chi connectivity index (χ3v) is 9.72. The summed E-state index contributed by atoms with van der Waals surface area (Å²) in [5, 5.41) is 0. The van der Waals surface area contributed by atoms with Crippen LogP contribution >= 0.6 is 0 Å². The summed E-state index contributed by atoms with van der Waals surface area (Å²) >= 11 is 0. The van der Waals surface area contributed by atoms with Gasteiger partial charge in [-0.05, 0) is 97.4 Å². The number of rotatable bonds is 3. The molecule has 0 aromatic carbocycles. The van der Waals surface area contributed by atoms with E-state index in [2.05, 4.69) is 19.9 Å². The van der Waals surface area contributed by atoms with Gasteiger partial charge >= 0.3 is 5.97 Å². The number of fused-ring (bicyclic) bond motifs is 8. The second-order valence-corrected chi connectivity index (χ2v) is 10.7. The smallest absolute Gasteiger partial charge is 0.302 e. The Morgan fingerprint density at radius 3 is 2.78 bits per heavy atom. The van der Waals surface area contributed by atoms with Gasteiger partial charge in [-0.25, -0.2) is 0 Å². The quantitative estimate of drug-likeness (QED) is 0.661. The first kappa shape index (κ1) is 17.9. The number of esters is 1. The number of hydrogen-bond acceptors (Lipinski definition) is 3.